The van der Waals surface area contributed by atoms with E-state index in [4.69, 9.17) is 16.3 Å². The van der Waals surface area contributed by atoms with Crippen molar-refractivity contribution in [2.24, 2.45) is 5.92 Å². The molecule has 5 rings (SSSR count). The van der Waals surface area contributed by atoms with Gasteiger partial charge in [0.25, 0.3) is 0 Å². The van der Waals surface area contributed by atoms with Crippen molar-refractivity contribution in [3.8, 4) is 0 Å². The Hall–Kier alpha value is -3.80. The largest absolute Gasteiger partial charge is 0.479 e. The molecule has 1 saturated carbocycles. The zero-order chi connectivity index (χ0) is 32.5. The van der Waals surface area contributed by atoms with Crippen LogP contribution in [0.1, 0.15) is 76.8 Å². The summed E-state index contributed by atoms with van der Waals surface area (Å²) in [6.07, 6.45) is 5.99. The van der Waals surface area contributed by atoms with E-state index in [2.05, 4.69) is 16.0 Å². The van der Waals surface area contributed by atoms with Crippen LogP contribution in [0, 0.1) is 5.92 Å². The summed E-state index contributed by atoms with van der Waals surface area (Å²) in [5.41, 5.74) is -0.232. The summed E-state index contributed by atoms with van der Waals surface area (Å²) >= 11 is 6.32. The first kappa shape index (κ1) is 32.6. The van der Waals surface area contributed by atoms with E-state index in [1.54, 1.807) is 6.07 Å². The van der Waals surface area contributed by atoms with Gasteiger partial charge in [0.05, 0.1) is 13.1 Å². The van der Waals surface area contributed by atoms with Crippen molar-refractivity contribution in [2.75, 3.05) is 6.54 Å². The Bertz CT molecular complexity index is 1390. The van der Waals surface area contributed by atoms with Gasteiger partial charge < -0.3 is 30.7 Å². The summed E-state index contributed by atoms with van der Waals surface area (Å²) < 4.78 is 5.84. The summed E-state index contributed by atoms with van der Waals surface area (Å²) in [6.45, 7) is 6.00. The fraction of sp³-hybridized carbons (Fsp3) is 0.594. The topological polar surface area (TPSA) is 157 Å². The number of rotatable bonds is 3. The lowest BCUT2D eigenvalue weighted by molar-refractivity contribution is -0.145. The Morgan fingerprint density at radius 1 is 1.13 bits per heavy atom. The number of allylic oxidation sites excluding steroid dienone is 1. The van der Waals surface area contributed by atoms with Gasteiger partial charge >= 0.3 is 18.1 Å². The average Bonchev–Trinajstić information content (AvgIpc) is 3.27. The fourth-order valence-electron chi connectivity index (χ4n) is 6.41. The summed E-state index contributed by atoms with van der Waals surface area (Å²) in [5.74, 6) is -2.61. The molecule has 0 bridgehead atoms. The maximum absolute atomic E-state index is 14.1. The minimum absolute atomic E-state index is 0.0119. The first-order valence-corrected chi connectivity index (χ1v) is 16.0. The Labute approximate surface area is 267 Å². The Morgan fingerprint density at radius 3 is 2.62 bits per heavy atom. The molecule has 244 valence electrons. The first-order valence-electron chi connectivity index (χ1n) is 15.6. The van der Waals surface area contributed by atoms with E-state index < -0.39 is 59.2 Å². The molecule has 0 radical (unpaired) electrons. The number of nitrogens with one attached hydrogen (secondary N) is 3. The van der Waals surface area contributed by atoms with Gasteiger partial charge in [-0.1, -0.05) is 48.7 Å². The van der Waals surface area contributed by atoms with Crippen LogP contribution in [0.3, 0.4) is 0 Å². The van der Waals surface area contributed by atoms with E-state index in [1.807, 2.05) is 45.1 Å². The molecule has 1 aromatic rings. The zero-order valence-corrected chi connectivity index (χ0v) is 26.7. The van der Waals surface area contributed by atoms with Gasteiger partial charge in [-0.25, -0.2) is 14.4 Å². The molecule has 3 heterocycles. The maximum Gasteiger partial charge on any atom is 0.410 e. The van der Waals surface area contributed by atoms with E-state index in [9.17, 15) is 29.1 Å². The number of halogens is 1. The zero-order valence-electron chi connectivity index (χ0n) is 25.9. The van der Waals surface area contributed by atoms with Gasteiger partial charge in [0.1, 0.15) is 23.7 Å². The molecule has 3 aliphatic heterocycles. The molecular formula is C32H42ClN5O7. The number of carbonyl (C=O) groups excluding carboxylic acids is 4. The highest BCUT2D eigenvalue weighted by Gasteiger charge is 2.61. The Balaban J connectivity index is 1.37. The van der Waals surface area contributed by atoms with Crippen molar-refractivity contribution >= 4 is 41.5 Å². The molecule has 5 amide bonds. The second-order valence-electron chi connectivity index (χ2n) is 13.5. The summed E-state index contributed by atoms with van der Waals surface area (Å²) in [4.78, 5) is 69.1. The van der Waals surface area contributed by atoms with Gasteiger partial charge in [-0.2, -0.15) is 0 Å². The van der Waals surface area contributed by atoms with Gasteiger partial charge in [0.15, 0.2) is 0 Å². The number of nitrogens with zero attached hydrogens (tertiary/aromatic N) is 2. The molecule has 1 aromatic carbocycles. The Morgan fingerprint density at radius 2 is 1.91 bits per heavy atom. The van der Waals surface area contributed by atoms with Crippen LogP contribution in [0.25, 0.3) is 0 Å². The third kappa shape index (κ3) is 7.37. The number of aliphatic carboxylic acids is 1. The number of benzene rings is 1. The normalized spacial score (nSPS) is 28.5. The van der Waals surface area contributed by atoms with E-state index >= 15 is 0 Å². The molecule has 45 heavy (non-hydrogen) atoms. The van der Waals surface area contributed by atoms with Crippen LogP contribution in [0.4, 0.5) is 9.59 Å². The summed E-state index contributed by atoms with van der Waals surface area (Å²) in [5, 5.41) is 18.9. The third-order valence-electron chi connectivity index (χ3n) is 8.87. The SMILES string of the molecule is CC(C)(C)NC(=O)N[C@H]1CCCCCC=C[C@@H]2C[C@@]2(C(=O)O)NC(=O)[C@@H]2C[C@@H](OC(=O)N3Cc4cccc(Cl)c4C3)CN2C1=O. The lowest BCUT2D eigenvalue weighted by Gasteiger charge is -2.30. The highest BCUT2D eigenvalue weighted by Crippen LogP contribution is 2.45. The van der Waals surface area contributed by atoms with Gasteiger partial charge in [-0.15, -0.1) is 0 Å². The maximum atomic E-state index is 14.1. The van der Waals surface area contributed by atoms with Crippen LogP contribution >= 0.6 is 11.6 Å². The van der Waals surface area contributed by atoms with Gasteiger partial charge in [-0.05, 0) is 63.6 Å². The number of amides is 5. The second kappa shape index (κ2) is 12.9. The monoisotopic (exact) mass is 643 g/mol. The number of ether oxygens (including phenoxy) is 1. The molecule has 0 aromatic heterocycles. The molecule has 2 fully saturated rings. The smallest absolute Gasteiger partial charge is 0.410 e. The van der Waals surface area contributed by atoms with Crippen LogP contribution < -0.4 is 16.0 Å². The first-order chi connectivity index (χ1) is 21.3. The number of carboxylic acid groups (broad SMARTS) is 1. The van der Waals surface area contributed by atoms with Crippen LogP contribution in [-0.4, -0.2) is 80.6 Å². The van der Waals surface area contributed by atoms with Crippen molar-refractivity contribution in [3.63, 3.8) is 0 Å². The molecule has 13 heteroatoms. The molecular weight excluding hydrogens is 602 g/mol. The second-order valence-corrected chi connectivity index (χ2v) is 13.9. The van der Waals surface area contributed by atoms with Crippen molar-refractivity contribution < 1.29 is 33.8 Å². The lowest BCUT2D eigenvalue weighted by atomic mass is 10.0. The third-order valence-corrected chi connectivity index (χ3v) is 9.22. The molecule has 1 saturated heterocycles. The van der Waals surface area contributed by atoms with Crippen LogP contribution in [-0.2, 0) is 32.2 Å². The lowest BCUT2D eigenvalue weighted by Crippen LogP contribution is -2.58. The minimum atomic E-state index is -1.46. The highest BCUT2D eigenvalue weighted by atomic mass is 35.5. The molecule has 0 unspecified atom stereocenters. The number of carbonyl (C=O) groups is 5. The number of hydrogen-bond donors (Lipinski definition) is 4. The van der Waals surface area contributed by atoms with Crippen molar-refractivity contribution in [2.45, 2.75) is 108 Å². The quantitative estimate of drug-likeness (QED) is 0.366. The van der Waals surface area contributed by atoms with Gasteiger partial charge in [0.2, 0.25) is 11.8 Å². The van der Waals surface area contributed by atoms with Gasteiger partial charge in [0, 0.05) is 29.4 Å². The molecule has 12 nitrogen and oxygen atoms in total. The van der Waals surface area contributed by atoms with Gasteiger partial charge in [-0.3, -0.25) is 14.5 Å². The van der Waals surface area contributed by atoms with E-state index in [0.717, 1.165) is 30.4 Å². The molecule has 1 aliphatic carbocycles. The van der Waals surface area contributed by atoms with Crippen LogP contribution in [0.5, 0.6) is 0 Å². The average molecular weight is 644 g/mol. The molecule has 5 atom stereocenters. The van der Waals surface area contributed by atoms with Crippen molar-refractivity contribution in [1.29, 1.82) is 0 Å². The fourth-order valence-corrected chi connectivity index (χ4v) is 6.66. The van der Waals surface area contributed by atoms with Crippen molar-refractivity contribution in [3.05, 3.63) is 46.5 Å². The van der Waals surface area contributed by atoms with E-state index in [0.29, 0.717) is 24.4 Å². The standard InChI is InChI=1S/C32H42ClN5O7/c1-31(2,3)36-29(43)34-24-13-8-6-4-5-7-11-20-15-32(20,28(41)42)35-26(39)25-14-21(17-38(25)27(24)40)45-30(44)37-16-19-10-9-12-23(33)22(19)18-37/h7,9-12,20-21,24-25H,4-6,8,13-18H2,1-3H3,(H,35,39)(H,41,42)(H2,34,36,43)/t20-,21-,24+,25+,32-/m1/s1. The number of carboxylic acids is 1. The van der Waals surface area contributed by atoms with Crippen LogP contribution in [0.2, 0.25) is 5.02 Å². The molecule has 0 spiro atoms. The Kier molecular flexibility index (Phi) is 9.34. The molecule has 4 aliphatic rings. The summed E-state index contributed by atoms with van der Waals surface area (Å²) in [6, 6.07) is 2.93. The predicted octanol–water partition coefficient (Wildman–Crippen LogP) is 3.71. The van der Waals surface area contributed by atoms with E-state index in [-0.39, 0.29) is 31.8 Å². The molecule has 4 N–H and O–H groups in total. The highest BCUT2D eigenvalue weighted by molar-refractivity contribution is 6.31. The number of hydrogen-bond acceptors (Lipinski definition) is 6. The van der Waals surface area contributed by atoms with Crippen molar-refractivity contribution in [1.82, 2.24) is 25.8 Å². The van der Waals surface area contributed by atoms with E-state index in [1.165, 1.54) is 9.80 Å². The predicted molar refractivity (Wildman–Crippen MR) is 165 cm³/mol. The number of fused-ring (bicyclic) bond motifs is 3. The van der Waals surface area contributed by atoms with Crippen LogP contribution in [0.15, 0.2) is 30.4 Å². The minimum Gasteiger partial charge on any atom is -0.479 e. The summed E-state index contributed by atoms with van der Waals surface area (Å²) in [7, 11) is 0. The number of urea groups is 1.